The van der Waals surface area contributed by atoms with Crippen molar-refractivity contribution in [3.8, 4) is 0 Å². The number of hydrogen-bond donors (Lipinski definition) is 4. The van der Waals surface area contributed by atoms with E-state index in [2.05, 4.69) is 0 Å². The lowest BCUT2D eigenvalue weighted by Gasteiger charge is -2.37. The lowest BCUT2D eigenvalue weighted by atomic mass is 10.0. The first-order valence-corrected chi connectivity index (χ1v) is 11.9. The molecule has 0 bridgehead atoms. The van der Waals surface area contributed by atoms with E-state index in [1.807, 2.05) is 31.2 Å². The average molecular weight is 509 g/mol. The normalized spacial score (nSPS) is 19.8. The summed E-state index contributed by atoms with van der Waals surface area (Å²) in [6.45, 7) is 2.81. The van der Waals surface area contributed by atoms with Crippen LogP contribution in [0.2, 0.25) is 0 Å². The zero-order valence-corrected chi connectivity index (χ0v) is 20.6. The summed E-state index contributed by atoms with van der Waals surface area (Å²) in [5.41, 5.74) is 2.05. The number of aryl methyl sites for hydroxylation is 1. The van der Waals surface area contributed by atoms with E-state index in [0.717, 1.165) is 11.1 Å². The Balaban J connectivity index is 2.38. The van der Waals surface area contributed by atoms with Crippen molar-refractivity contribution < 1.29 is 39.6 Å². The van der Waals surface area contributed by atoms with Crippen molar-refractivity contribution in [3.05, 3.63) is 35.4 Å². The molecule has 2 rings (SSSR count). The van der Waals surface area contributed by atoms with Crippen molar-refractivity contribution in [2.45, 2.75) is 19.4 Å². The molecule has 0 aromatic heterocycles. The van der Waals surface area contributed by atoms with Crippen molar-refractivity contribution >= 4 is 23.9 Å². The number of carboxylic acids is 4. The minimum atomic E-state index is -1.03. The highest BCUT2D eigenvalue weighted by atomic mass is 16.4. The van der Waals surface area contributed by atoms with Crippen molar-refractivity contribution in [1.29, 1.82) is 0 Å². The zero-order valence-electron chi connectivity index (χ0n) is 20.6. The van der Waals surface area contributed by atoms with Gasteiger partial charge in [0.1, 0.15) is 0 Å². The molecular formula is C24H36N4O8. The Morgan fingerprint density at radius 3 is 1.56 bits per heavy atom. The Hall–Kier alpha value is -3.06. The van der Waals surface area contributed by atoms with E-state index in [4.69, 9.17) is 0 Å². The number of benzene rings is 1. The van der Waals surface area contributed by atoms with E-state index in [-0.39, 0.29) is 78.0 Å². The van der Waals surface area contributed by atoms with Crippen molar-refractivity contribution in [1.82, 2.24) is 19.6 Å². The van der Waals surface area contributed by atoms with E-state index >= 15 is 0 Å². The van der Waals surface area contributed by atoms with Crippen molar-refractivity contribution in [3.63, 3.8) is 0 Å². The Labute approximate surface area is 210 Å². The molecule has 4 N–H and O–H groups in total. The van der Waals surface area contributed by atoms with Gasteiger partial charge in [-0.2, -0.15) is 0 Å². The van der Waals surface area contributed by atoms with Crippen LogP contribution in [0.4, 0.5) is 0 Å². The van der Waals surface area contributed by atoms with Crippen molar-refractivity contribution in [2.75, 3.05) is 72.0 Å². The number of hydrogen-bond acceptors (Lipinski definition) is 8. The van der Waals surface area contributed by atoms with Gasteiger partial charge in [0.25, 0.3) is 0 Å². The molecule has 1 fully saturated rings. The summed E-state index contributed by atoms with van der Waals surface area (Å²) < 4.78 is 0. The van der Waals surface area contributed by atoms with Crippen molar-refractivity contribution in [2.24, 2.45) is 0 Å². The van der Waals surface area contributed by atoms with Gasteiger partial charge in [0.15, 0.2) is 0 Å². The minimum absolute atomic E-state index is 0.250. The van der Waals surface area contributed by atoms with Crippen LogP contribution >= 0.6 is 0 Å². The van der Waals surface area contributed by atoms with Crippen LogP contribution in [0.25, 0.3) is 0 Å². The third kappa shape index (κ3) is 11.1. The van der Waals surface area contributed by atoms with E-state index < -0.39 is 23.9 Å². The smallest absolute Gasteiger partial charge is 0.317 e. The Morgan fingerprint density at radius 1 is 0.667 bits per heavy atom. The highest BCUT2D eigenvalue weighted by Gasteiger charge is 2.27. The van der Waals surface area contributed by atoms with E-state index in [9.17, 15) is 39.6 Å². The number of carboxylic acid groups (broad SMARTS) is 4. The Bertz CT molecular complexity index is 895. The van der Waals surface area contributed by atoms with E-state index in [1.54, 1.807) is 19.6 Å². The maximum atomic E-state index is 11.7. The number of aliphatic carboxylic acids is 4. The largest absolute Gasteiger partial charge is 0.480 e. The molecule has 200 valence electrons. The van der Waals surface area contributed by atoms with Gasteiger partial charge in [-0.25, -0.2) is 0 Å². The molecule has 0 spiro atoms. The predicted octanol–water partition coefficient (Wildman–Crippen LogP) is -0.534. The van der Waals surface area contributed by atoms with Gasteiger partial charge in [0.2, 0.25) is 0 Å². The second-order valence-electron chi connectivity index (χ2n) is 9.18. The fourth-order valence-electron chi connectivity index (χ4n) is 4.35. The van der Waals surface area contributed by atoms with Crippen LogP contribution in [-0.4, -0.2) is 142 Å². The molecule has 36 heavy (non-hydrogen) atoms. The van der Waals surface area contributed by atoms with Gasteiger partial charge < -0.3 is 20.4 Å². The highest BCUT2D eigenvalue weighted by Crippen LogP contribution is 2.14. The molecule has 1 atom stereocenters. The monoisotopic (exact) mass is 508 g/mol. The van der Waals surface area contributed by atoms with Crippen LogP contribution in [0.3, 0.4) is 0 Å². The molecule has 1 saturated heterocycles. The summed E-state index contributed by atoms with van der Waals surface area (Å²) in [6, 6.07) is 7.47. The van der Waals surface area contributed by atoms with Gasteiger partial charge >= 0.3 is 23.9 Å². The first-order valence-electron chi connectivity index (χ1n) is 11.9. The predicted molar refractivity (Wildman–Crippen MR) is 130 cm³/mol. The lowest BCUT2D eigenvalue weighted by molar-refractivity contribution is -0.142. The van der Waals surface area contributed by atoms with Gasteiger partial charge in [-0.05, 0) is 18.9 Å². The lowest BCUT2D eigenvalue weighted by Crippen LogP contribution is -2.53. The number of carbonyl (C=O) groups is 4. The van der Waals surface area contributed by atoms with E-state index in [1.165, 1.54) is 0 Å². The molecule has 0 aliphatic carbocycles. The zero-order chi connectivity index (χ0) is 26.7. The molecule has 1 aromatic rings. The van der Waals surface area contributed by atoms with Crippen LogP contribution in [0.5, 0.6) is 0 Å². The molecule has 1 heterocycles. The standard InChI is InChI=1S/C24H36N4O8/c1-18-2-4-19(5-3-18)12-20-13-27(16-23(33)34)9-8-25(14-21(29)30)6-7-26(15-22(31)32)10-11-28(20)17-24(35)36/h2-5,20H,6-17H2,1H3,(H,29,30)(H,31,32)(H,33,34)(H,35,36). The van der Waals surface area contributed by atoms with Crippen LogP contribution < -0.4 is 0 Å². The second kappa shape index (κ2) is 14.5. The highest BCUT2D eigenvalue weighted by molar-refractivity contribution is 5.70. The molecular weight excluding hydrogens is 472 g/mol. The summed E-state index contributed by atoms with van der Waals surface area (Å²) >= 11 is 0. The van der Waals surface area contributed by atoms with Gasteiger partial charge in [-0.15, -0.1) is 0 Å². The topological polar surface area (TPSA) is 162 Å². The third-order valence-electron chi connectivity index (χ3n) is 6.16. The summed E-state index contributed by atoms with van der Waals surface area (Å²) in [7, 11) is 0. The van der Waals surface area contributed by atoms with Crippen LogP contribution in [0.15, 0.2) is 24.3 Å². The molecule has 12 heteroatoms. The first kappa shape index (κ1) is 29.2. The number of nitrogens with zero attached hydrogens (tertiary/aromatic N) is 4. The maximum absolute atomic E-state index is 11.7. The van der Waals surface area contributed by atoms with E-state index in [0.29, 0.717) is 6.42 Å². The molecule has 12 nitrogen and oxygen atoms in total. The molecule has 1 unspecified atom stereocenters. The Kier molecular flexibility index (Phi) is 11.7. The fraction of sp³-hybridized carbons (Fsp3) is 0.583. The second-order valence-corrected chi connectivity index (χ2v) is 9.18. The first-order chi connectivity index (χ1) is 17.0. The van der Waals surface area contributed by atoms with Gasteiger partial charge in [0.05, 0.1) is 26.2 Å². The molecule has 1 aliphatic heterocycles. The summed E-state index contributed by atoms with van der Waals surface area (Å²) in [6.07, 6.45) is 0.474. The van der Waals surface area contributed by atoms with Crippen LogP contribution in [-0.2, 0) is 25.6 Å². The molecule has 0 amide bonds. The third-order valence-corrected chi connectivity index (χ3v) is 6.16. The Morgan fingerprint density at radius 2 is 1.08 bits per heavy atom. The number of rotatable bonds is 10. The minimum Gasteiger partial charge on any atom is -0.480 e. The molecule has 1 aliphatic rings. The van der Waals surface area contributed by atoms with Crippen LogP contribution in [0.1, 0.15) is 11.1 Å². The fourth-order valence-corrected chi connectivity index (χ4v) is 4.35. The van der Waals surface area contributed by atoms with Crippen LogP contribution in [0, 0.1) is 6.92 Å². The summed E-state index contributed by atoms with van der Waals surface area (Å²) in [4.78, 5) is 52.9. The van der Waals surface area contributed by atoms with Gasteiger partial charge in [-0.1, -0.05) is 29.8 Å². The molecule has 1 aromatic carbocycles. The quantitative estimate of drug-likeness (QED) is 0.320. The maximum Gasteiger partial charge on any atom is 0.317 e. The summed E-state index contributed by atoms with van der Waals surface area (Å²) in [5, 5.41) is 37.7. The van der Waals surface area contributed by atoms with Gasteiger partial charge in [-0.3, -0.25) is 38.8 Å². The molecule has 0 saturated carbocycles. The summed E-state index contributed by atoms with van der Waals surface area (Å²) in [5.74, 6) is -4.11. The van der Waals surface area contributed by atoms with Gasteiger partial charge in [0, 0.05) is 51.9 Å². The SMILES string of the molecule is Cc1ccc(CC2CN(CC(=O)O)CCN(CC(=O)O)CCN(CC(=O)O)CCN2CC(=O)O)cc1. The molecule has 0 radical (unpaired) electrons. The average Bonchev–Trinajstić information content (AvgIpc) is 2.76.